The summed E-state index contributed by atoms with van der Waals surface area (Å²) >= 11 is 0. The molecule has 1 rings (SSSR count). The van der Waals surface area contributed by atoms with Crippen molar-refractivity contribution < 1.29 is 23.6 Å². The highest BCUT2D eigenvalue weighted by Gasteiger charge is 2.49. The van der Waals surface area contributed by atoms with E-state index in [1.807, 2.05) is 27.7 Å². The first-order valence-electron chi connectivity index (χ1n) is 6.10. The molecule has 18 heavy (non-hydrogen) atoms. The largest absolute Gasteiger partial charge is 0.508 e. The average Bonchev–Trinajstić information content (AvgIpc) is 2.43. The van der Waals surface area contributed by atoms with E-state index in [0.29, 0.717) is 6.61 Å². The van der Waals surface area contributed by atoms with Crippen molar-refractivity contribution in [2.45, 2.75) is 45.8 Å². The van der Waals surface area contributed by atoms with Crippen LogP contribution < -0.4 is 0 Å². The molecule has 6 heteroatoms. The molecule has 1 aliphatic rings. The summed E-state index contributed by atoms with van der Waals surface area (Å²) in [6.07, 6.45) is 1.01. The highest BCUT2D eigenvalue weighted by molar-refractivity contribution is 6.51. The van der Waals surface area contributed by atoms with E-state index in [9.17, 15) is 4.79 Å². The van der Waals surface area contributed by atoms with Gasteiger partial charge in [-0.25, -0.2) is 4.79 Å². The van der Waals surface area contributed by atoms with Crippen LogP contribution in [0.5, 0.6) is 0 Å². The fourth-order valence-electron chi connectivity index (χ4n) is 1.41. The molecule has 0 amide bonds. The van der Waals surface area contributed by atoms with E-state index in [1.54, 1.807) is 19.0 Å². The van der Waals surface area contributed by atoms with Gasteiger partial charge in [-0.3, -0.25) is 0 Å². The van der Waals surface area contributed by atoms with Crippen molar-refractivity contribution in [3.8, 4) is 0 Å². The summed E-state index contributed by atoms with van der Waals surface area (Å²) in [6.45, 7) is 10.1. The number of hydrogen-bond acceptors (Lipinski definition) is 5. The quantitative estimate of drug-likeness (QED) is 0.570. The highest BCUT2D eigenvalue weighted by Crippen LogP contribution is 2.36. The molecule has 1 heterocycles. The second-order valence-corrected chi connectivity index (χ2v) is 5.05. The molecule has 0 aliphatic carbocycles. The van der Waals surface area contributed by atoms with Crippen molar-refractivity contribution in [3.63, 3.8) is 0 Å². The van der Waals surface area contributed by atoms with E-state index in [4.69, 9.17) is 14.0 Å². The summed E-state index contributed by atoms with van der Waals surface area (Å²) in [5.74, 6) is 1.73. The lowest BCUT2D eigenvalue weighted by molar-refractivity contribution is 0.00578. The lowest BCUT2D eigenvalue weighted by atomic mass is 9.90. The second kappa shape index (κ2) is 5.76. The van der Waals surface area contributed by atoms with Gasteiger partial charge in [0.05, 0.1) is 17.8 Å². The Labute approximate surface area is 109 Å². The maximum Gasteiger partial charge on any atom is 0.508 e. The zero-order valence-electron chi connectivity index (χ0n) is 11.7. The van der Waals surface area contributed by atoms with Crippen molar-refractivity contribution in [2.24, 2.45) is 0 Å². The molecule has 102 valence electrons. The van der Waals surface area contributed by atoms with Gasteiger partial charge in [0, 0.05) is 0 Å². The molecule has 0 aromatic heterocycles. The molecular weight excluding hydrogens is 235 g/mol. The van der Waals surface area contributed by atoms with Crippen LogP contribution in [0, 0.1) is 0 Å². The molecule has 0 saturated carbocycles. The Hall–Kier alpha value is -1.01. The first kappa shape index (κ1) is 15.1. The number of carbonyl (C=O) groups is 1. The van der Waals surface area contributed by atoms with Crippen LogP contribution >= 0.6 is 0 Å². The SMILES string of the molecule is CCOC(=O)OC/C=C/B1OC(C)(C)C(C)(C)O1. The van der Waals surface area contributed by atoms with Gasteiger partial charge in [0.1, 0.15) is 6.61 Å². The Morgan fingerprint density at radius 2 is 1.72 bits per heavy atom. The molecule has 0 N–H and O–H groups in total. The van der Waals surface area contributed by atoms with Gasteiger partial charge in [0.25, 0.3) is 0 Å². The minimum atomic E-state index is -0.670. The van der Waals surface area contributed by atoms with Gasteiger partial charge in [-0.1, -0.05) is 12.1 Å². The Morgan fingerprint density at radius 1 is 1.17 bits per heavy atom. The molecule has 5 nitrogen and oxygen atoms in total. The van der Waals surface area contributed by atoms with Gasteiger partial charge < -0.3 is 18.8 Å². The molecule has 1 fully saturated rings. The van der Waals surface area contributed by atoms with Crippen molar-refractivity contribution >= 4 is 13.3 Å². The van der Waals surface area contributed by atoms with Crippen LogP contribution in [0.2, 0.25) is 0 Å². The van der Waals surface area contributed by atoms with Crippen LogP contribution in [0.15, 0.2) is 12.1 Å². The van der Waals surface area contributed by atoms with Crippen LogP contribution in [0.4, 0.5) is 4.79 Å². The molecule has 1 saturated heterocycles. The molecular formula is C12H21BO5. The predicted molar refractivity (Wildman–Crippen MR) is 68.2 cm³/mol. The fraction of sp³-hybridized carbons (Fsp3) is 0.750. The topological polar surface area (TPSA) is 54.0 Å². The third kappa shape index (κ3) is 3.75. The molecule has 0 atom stereocenters. The monoisotopic (exact) mass is 256 g/mol. The van der Waals surface area contributed by atoms with Gasteiger partial charge in [-0.2, -0.15) is 0 Å². The van der Waals surface area contributed by atoms with Crippen LogP contribution in [0.25, 0.3) is 0 Å². The molecule has 0 spiro atoms. The minimum absolute atomic E-state index is 0.142. The van der Waals surface area contributed by atoms with E-state index < -0.39 is 13.3 Å². The Bertz CT molecular complexity index is 308. The standard InChI is InChI=1S/C12H21BO5/c1-6-15-10(14)16-9-7-8-13-17-11(2,3)12(4,5)18-13/h7-8H,6,9H2,1-5H3/b8-7+. The van der Waals surface area contributed by atoms with Gasteiger partial charge in [0.15, 0.2) is 0 Å². The van der Waals surface area contributed by atoms with Crippen LogP contribution in [0.1, 0.15) is 34.6 Å². The maximum atomic E-state index is 10.9. The third-order valence-electron chi connectivity index (χ3n) is 3.12. The van der Waals surface area contributed by atoms with E-state index in [2.05, 4.69) is 4.74 Å². The molecule has 1 aliphatic heterocycles. The summed E-state index contributed by atoms with van der Waals surface area (Å²) in [4.78, 5) is 10.9. The smallest absolute Gasteiger partial charge is 0.435 e. The summed E-state index contributed by atoms with van der Waals surface area (Å²) < 4.78 is 20.9. The number of hydrogen-bond donors (Lipinski definition) is 0. The van der Waals surface area contributed by atoms with Gasteiger partial charge >= 0.3 is 13.3 Å². The summed E-state index contributed by atoms with van der Waals surface area (Å²) in [6, 6.07) is 0. The second-order valence-electron chi connectivity index (χ2n) is 5.05. The molecule has 0 radical (unpaired) electrons. The van der Waals surface area contributed by atoms with Crippen molar-refractivity contribution in [3.05, 3.63) is 12.1 Å². The first-order chi connectivity index (χ1) is 8.28. The summed E-state index contributed by atoms with van der Waals surface area (Å²) in [5.41, 5.74) is -0.714. The van der Waals surface area contributed by atoms with Crippen LogP contribution in [0.3, 0.4) is 0 Å². The zero-order valence-corrected chi connectivity index (χ0v) is 11.7. The Morgan fingerprint density at radius 3 is 2.22 bits per heavy atom. The third-order valence-corrected chi connectivity index (χ3v) is 3.12. The average molecular weight is 256 g/mol. The lowest BCUT2D eigenvalue weighted by Gasteiger charge is -2.32. The van der Waals surface area contributed by atoms with E-state index >= 15 is 0 Å². The zero-order chi connectivity index (χ0) is 13.8. The summed E-state index contributed by atoms with van der Waals surface area (Å²) in [5, 5.41) is 0. The summed E-state index contributed by atoms with van der Waals surface area (Å²) in [7, 11) is -0.416. The highest BCUT2D eigenvalue weighted by atomic mass is 16.7. The van der Waals surface area contributed by atoms with E-state index in [1.165, 1.54) is 0 Å². The van der Waals surface area contributed by atoms with E-state index in [-0.39, 0.29) is 17.8 Å². The molecule has 0 aromatic carbocycles. The van der Waals surface area contributed by atoms with Gasteiger partial charge in [-0.15, -0.1) is 0 Å². The van der Waals surface area contributed by atoms with Crippen molar-refractivity contribution in [2.75, 3.05) is 13.2 Å². The lowest BCUT2D eigenvalue weighted by Crippen LogP contribution is -2.41. The van der Waals surface area contributed by atoms with Crippen molar-refractivity contribution in [1.29, 1.82) is 0 Å². The number of carbonyl (C=O) groups excluding carboxylic acids is 1. The molecule has 0 bridgehead atoms. The Kier molecular flexibility index (Phi) is 4.81. The molecule has 0 aromatic rings. The Balaban J connectivity index is 2.35. The van der Waals surface area contributed by atoms with Crippen molar-refractivity contribution in [1.82, 2.24) is 0 Å². The minimum Gasteiger partial charge on any atom is -0.435 e. The van der Waals surface area contributed by atoms with Gasteiger partial charge in [-0.05, 0) is 34.6 Å². The fourth-order valence-corrected chi connectivity index (χ4v) is 1.41. The number of ether oxygens (including phenoxy) is 2. The first-order valence-corrected chi connectivity index (χ1v) is 6.10. The predicted octanol–water partition coefficient (Wildman–Crippen LogP) is 2.35. The maximum absolute atomic E-state index is 10.9. The van der Waals surface area contributed by atoms with Crippen LogP contribution in [-0.2, 0) is 18.8 Å². The number of rotatable bonds is 4. The molecule has 0 unspecified atom stereocenters. The normalized spacial score (nSPS) is 21.3. The van der Waals surface area contributed by atoms with Crippen LogP contribution in [-0.4, -0.2) is 37.7 Å². The van der Waals surface area contributed by atoms with Gasteiger partial charge in [0.2, 0.25) is 0 Å². The van der Waals surface area contributed by atoms with E-state index in [0.717, 1.165) is 0 Å².